The van der Waals surface area contributed by atoms with Crippen molar-refractivity contribution in [3.05, 3.63) is 59.9 Å². The maximum Gasteiger partial charge on any atom is 0.177 e. The molecule has 0 aliphatic rings. The summed E-state index contributed by atoms with van der Waals surface area (Å²) in [6.07, 6.45) is 1.60. The molecule has 3 heterocycles. The molecule has 22 heavy (non-hydrogen) atoms. The van der Waals surface area contributed by atoms with Gasteiger partial charge in [0.05, 0.1) is 16.1 Å². The van der Waals surface area contributed by atoms with E-state index in [1.807, 2.05) is 47.8 Å². The molecule has 0 radical (unpaired) electrons. The van der Waals surface area contributed by atoms with Gasteiger partial charge in [-0.2, -0.15) is 0 Å². The van der Waals surface area contributed by atoms with Crippen LogP contribution in [0.1, 0.15) is 5.69 Å². The molecule has 0 amide bonds. The van der Waals surface area contributed by atoms with Gasteiger partial charge in [-0.05, 0) is 17.5 Å². The molecule has 6 heteroatoms. The lowest BCUT2D eigenvalue weighted by Gasteiger charge is -2.02. The van der Waals surface area contributed by atoms with Gasteiger partial charge in [0.1, 0.15) is 11.4 Å². The van der Waals surface area contributed by atoms with Crippen LogP contribution in [0.5, 0.6) is 0 Å². The Kier molecular flexibility index (Phi) is 3.62. The van der Waals surface area contributed by atoms with E-state index in [1.165, 1.54) is 0 Å². The monoisotopic (exact) mass is 325 g/mol. The summed E-state index contributed by atoms with van der Waals surface area (Å²) in [5.41, 5.74) is 1.87. The Bertz CT molecular complexity index is 897. The standard InChI is InChI=1S/C16H11N3OS2/c1-2-5-13-12(4-1)16(18-10-17-13)22-9-11-8-14(20-19-11)15-6-3-7-21-15/h1-8,10H,9H2. The van der Waals surface area contributed by atoms with E-state index < -0.39 is 0 Å². The minimum absolute atomic E-state index is 0.718. The van der Waals surface area contributed by atoms with Gasteiger partial charge in [-0.1, -0.05) is 41.2 Å². The molecule has 1 aromatic carbocycles. The fourth-order valence-corrected chi connectivity index (χ4v) is 3.70. The number of hydrogen-bond donors (Lipinski definition) is 0. The van der Waals surface area contributed by atoms with Crippen LogP contribution in [0.25, 0.3) is 21.5 Å². The highest BCUT2D eigenvalue weighted by atomic mass is 32.2. The fraction of sp³-hybridized carbons (Fsp3) is 0.0625. The van der Waals surface area contributed by atoms with Gasteiger partial charge >= 0.3 is 0 Å². The predicted molar refractivity (Wildman–Crippen MR) is 88.9 cm³/mol. The number of fused-ring (bicyclic) bond motifs is 1. The fourth-order valence-electron chi connectivity index (χ4n) is 2.15. The second-order valence-corrected chi connectivity index (χ2v) is 6.56. The number of aromatic nitrogens is 3. The van der Waals surface area contributed by atoms with Crippen molar-refractivity contribution < 1.29 is 4.52 Å². The first-order chi connectivity index (χ1) is 10.9. The molecule has 0 fully saturated rings. The minimum Gasteiger partial charge on any atom is -0.355 e. The highest BCUT2D eigenvalue weighted by molar-refractivity contribution is 7.98. The van der Waals surface area contributed by atoms with E-state index in [1.54, 1.807) is 29.4 Å². The van der Waals surface area contributed by atoms with Crippen molar-refractivity contribution >= 4 is 34.0 Å². The minimum atomic E-state index is 0.718. The molecule has 108 valence electrons. The van der Waals surface area contributed by atoms with Crippen molar-refractivity contribution in [2.45, 2.75) is 10.8 Å². The molecule has 0 N–H and O–H groups in total. The molecule has 4 aromatic rings. The molecule has 0 saturated heterocycles. The molecule has 0 bridgehead atoms. The van der Waals surface area contributed by atoms with Crippen molar-refractivity contribution in [3.63, 3.8) is 0 Å². The summed E-state index contributed by atoms with van der Waals surface area (Å²) in [5, 5.41) is 8.19. The summed E-state index contributed by atoms with van der Waals surface area (Å²) in [4.78, 5) is 9.75. The lowest BCUT2D eigenvalue weighted by Crippen LogP contribution is -1.87. The molecule has 4 nitrogen and oxygen atoms in total. The Morgan fingerprint density at radius 1 is 1.09 bits per heavy atom. The predicted octanol–water partition coefficient (Wildman–Crippen LogP) is 4.64. The number of nitrogens with zero attached hydrogens (tertiary/aromatic N) is 3. The van der Waals surface area contributed by atoms with Crippen LogP contribution in [-0.4, -0.2) is 15.1 Å². The molecule has 0 spiro atoms. The zero-order chi connectivity index (χ0) is 14.8. The van der Waals surface area contributed by atoms with Gasteiger partial charge < -0.3 is 4.52 Å². The molecule has 0 aliphatic carbocycles. The Morgan fingerprint density at radius 3 is 2.95 bits per heavy atom. The van der Waals surface area contributed by atoms with Gasteiger partial charge in [0, 0.05) is 17.2 Å². The van der Waals surface area contributed by atoms with E-state index in [0.717, 1.165) is 38.0 Å². The first-order valence-electron chi connectivity index (χ1n) is 6.72. The molecule has 4 rings (SSSR count). The van der Waals surface area contributed by atoms with Gasteiger partial charge in [-0.3, -0.25) is 0 Å². The Hall–Kier alpha value is -2.18. The summed E-state index contributed by atoms with van der Waals surface area (Å²) < 4.78 is 5.40. The average molecular weight is 325 g/mol. The zero-order valence-electron chi connectivity index (χ0n) is 11.5. The summed E-state index contributed by atoms with van der Waals surface area (Å²) in [5.74, 6) is 1.54. The van der Waals surface area contributed by atoms with Crippen LogP contribution in [0.2, 0.25) is 0 Å². The first-order valence-corrected chi connectivity index (χ1v) is 8.59. The van der Waals surface area contributed by atoms with Crippen molar-refractivity contribution in [1.29, 1.82) is 0 Å². The molecule has 0 unspecified atom stereocenters. The van der Waals surface area contributed by atoms with E-state index in [0.29, 0.717) is 0 Å². The van der Waals surface area contributed by atoms with Crippen molar-refractivity contribution in [3.8, 4) is 10.6 Å². The number of thioether (sulfide) groups is 1. The van der Waals surface area contributed by atoms with Crippen molar-refractivity contribution in [2.75, 3.05) is 0 Å². The Morgan fingerprint density at radius 2 is 2.05 bits per heavy atom. The topological polar surface area (TPSA) is 51.8 Å². The van der Waals surface area contributed by atoms with Crippen molar-refractivity contribution in [1.82, 2.24) is 15.1 Å². The van der Waals surface area contributed by atoms with Gasteiger partial charge in [0.15, 0.2) is 5.76 Å². The average Bonchev–Trinajstić information content (AvgIpc) is 3.24. The molecule has 0 saturated carbocycles. The first kappa shape index (κ1) is 13.5. The number of benzene rings is 1. The quantitative estimate of drug-likeness (QED) is 0.404. The van der Waals surface area contributed by atoms with Crippen LogP contribution in [0.3, 0.4) is 0 Å². The Labute approximate surface area is 135 Å². The zero-order valence-corrected chi connectivity index (χ0v) is 13.1. The Balaban J connectivity index is 1.55. The van der Waals surface area contributed by atoms with Crippen LogP contribution < -0.4 is 0 Å². The molecular formula is C16H11N3OS2. The lowest BCUT2D eigenvalue weighted by atomic mass is 10.2. The summed E-state index contributed by atoms with van der Waals surface area (Å²) >= 11 is 3.29. The van der Waals surface area contributed by atoms with Gasteiger partial charge in [-0.15, -0.1) is 11.3 Å². The number of thiophene rings is 1. The molecule has 0 atom stereocenters. The van der Waals surface area contributed by atoms with E-state index in [2.05, 4.69) is 15.1 Å². The smallest absolute Gasteiger partial charge is 0.177 e. The van der Waals surface area contributed by atoms with Crippen LogP contribution >= 0.6 is 23.1 Å². The number of rotatable bonds is 4. The van der Waals surface area contributed by atoms with Crippen LogP contribution in [0, 0.1) is 0 Å². The van der Waals surface area contributed by atoms with E-state index in [4.69, 9.17) is 4.52 Å². The van der Waals surface area contributed by atoms with Crippen LogP contribution in [0.4, 0.5) is 0 Å². The molecule has 0 aliphatic heterocycles. The third-order valence-electron chi connectivity index (χ3n) is 3.19. The van der Waals surface area contributed by atoms with Crippen LogP contribution in [-0.2, 0) is 5.75 Å². The van der Waals surface area contributed by atoms with E-state index >= 15 is 0 Å². The third kappa shape index (κ3) is 2.63. The maximum atomic E-state index is 5.40. The largest absolute Gasteiger partial charge is 0.355 e. The second-order valence-electron chi connectivity index (χ2n) is 4.64. The maximum absolute atomic E-state index is 5.40. The van der Waals surface area contributed by atoms with E-state index in [9.17, 15) is 0 Å². The molecule has 3 aromatic heterocycles. The SMILES string of the molecule is c1csc(-c2cc(CSc3ncnc4ccccc34)no2)c1. The number of hydrogen-bond acceptors (Lipinski definition) is 6. The van der Waals surface area contributed by atoms with Gasteiger partial charge in [-0.25, -0.2) is 9.97 Å². The summed E-state index contributed by atoms with van der Waals surface area (Å²) in [6, 6.07) is 14.0. The highest BCUT2D eigenvalue weighted by Gasteiger charge is 2.09. The van der Waals surface area contributed by atoms with Gasteiger partial charge in [0.2, 0.25) is 0 Å². The van der Waals surface area contributed by atoms with Gasteiger partial charge in [0.25, 0.3) is 0 Å². The normalized spacial score (nSPS) is 11.1. The highest BCUT2D eigenvalue weighted by Crippen LogP contribution is 2.29. The molecular weight excluding hydrogens is 314 g/mol. The number of para-hydroxylation sites is 1. The van der Waals surface area contributed by atoms with Crippen molar-refractivity contribution in [2.24, 2.45) is 0 Å². The van der Waals surface area contributed by atoms with E-state index in [-0.39, 0.29) is 0 Å². The summed E-state index contributed by atoms with van der Waals surface area (Å²) in [7, 11) is 0. The second kappa shape index (κ2) is 5.90. The lowest BCUT2D eigenvalue weighted by molar-refractivity contribution is 0.427. The summed E-state index contributed by atoms with van der Waals surface area (Å²) in [6.45, 7) is 0. The van der Waals surface area contributed by atoms with Crippen LogP contribution in [0.15, 0.2) is 63.7 Å². The third-order valence-corrected chi connectivity index (χ3v) is 5.11.